The topological polar surface area (TPSA) is 125 Å². The molecule has 11 heteroatoms. The molecule has 29 heavy (non-hydrogen) atoms. The molecule has 1 fully saturated rings. The third-order valence-electron chi connectivity index (χ3n) is 4.75. The fourth-order valence-corrected chi connectivity index (χ4v) is 4.70. The predicted molar refractivity (Wildman–Crippen MR) is 104 cm³/mol. The zero-order valence-electron chi connectivity index (χ0n) is 16.1. The highest BCUT2D eigenvalue weighted by atomic mass is 32.2. The number of guanidine groups is 1. The van der Waals surface area contributed by atoms with Crippen molar-refractivity contribution in [1.82, 2.24) is 14.5 Å². The van der Waals surface area contributed by atoms with Gasteiger partial charge in [-0.3, -0.25) is 19.3 Å². The van der Waals surface area contributed by atoms with Gasteiger partial charge in [0.25, 0.3) is 17.6 Å². The summed E-state index contributed by atoms with van der Waals surface area (Å²) in [6.45, 7) is 0.261. The van der Waals surface area contributed by atoms with Crippen LogP contribution in [0.15, 0.2) is 29.3 Å². The molecule has 0 aromatic heterocycles. The van der Waals surface area contributed by atoms with Crippen LogP contribution in [0, 0.1) is 0 Å². The Labute approximate surface area is 168 Å². The molecule has 0 bridgehead atoms. The van der Waals surface area contributed by atoms with E-state index < -0.39 is 33.7 Å². The Morgan fingerprint density at radius 3 is 2.55 bits per heavy atom. The number of benzene rings is 1. The minimum atomic E-state index is -3.65. The van der Waals surface area contributed by atoms with Gasteiger partial charge >= 0.3 is 0 Å². The van der Waals surface area contributed by atoms with Gasteiger partial charge in [-0.25, -0.2) is 17.7 Å². The second-order valence-electron chi connectivity index (χ2n) is 6.72. The molecule has 1 aromatic carbocycles. The molecule has 2 amide bonds. The van der Waals surface area contributed by atoms with Crippen LogP contribution in [0.4, 0.5) is 0 Å². The number of hydrogen-bond donors (Lipinski definition) is 1. The van der Waals surface area contributed by atoms with Gasteiger partial charge in [-0.05, 0) is 30.5 Å². The predicted octanol–water partition coefficient (Wildman–Crippen LogP) is -0.497. The quantitative estimate of drug-likeness (QED) is 0.515. The van der Waals surface area contributed by atoms with Gasteiger partial charge in [-0.1, -0.05) is 12.1 Å². The standard InChI is InChI=1S/C18H22N4O6S/c1-21-17(25)15(23)14(20-18(21)22-9-3-4-10-29(22,26)27)16(24)19-11-12-5-7-13(28-2)8-6-12/h5-8,14H,3-4,9-11H2,1-2H3,(H,19,24). The van der Waals surface area contributed by atoms with Gasteiger partial charge in [0, 0.05) is 20.1 Å². The minimum Gasteiger partial charge on any atom is -0.497 e. The number of aliphatic imine (C=N–C) groups is 1. The molecule has 0 saturated carbocycles. The SMILES string of the molecule is COc1ccc(CNC(=O)C2N=C(N3CCCCS3(=O)=O)N(C)C(=O)C2=O)cc1. The van der Waals surface area contributed by atoms with Gasteiger partial charge < -0.3 is 10.1 Å². The van der Waals surface area contributed by atoms with E-state index in [1.807, 2.05) is 0 Å². The third kappa shape index (κ3) is 4.24. The van der Waals surface area contributed by atoms with Crippen molar-refractivity contribution >= 4 is 33.6 Å². The molecule has 1 unspecified atom stereocenters. The Morgan fingerprint density at radius 1 is 1.24 bits per heavy atom. The molecular formula is C18H22N4O6S. The molecule has 1 atom stereocenters. The fraction of sp³-hybridized carbons (Fsp3) is 0.444. The van der Waals surface area contributed by atoms with Gasteiger partial charge in [-0.15, -0.1) is 0 Å². The average Bonchev–Trinajstić information content (AvgIpc) is 2.71. The molecule has 0 spiro atoms. The Kier molecular flexibility index (Phi) is 5.87. The number of amides is 2. The van der Waals surface area contributed by atoms with Crippen LogP contribution in [0.2, 0.25) is 0 Å². The van der Waals surface area contributed by atoms with E-state index in [4.69, 9.17) is 4.74 Å². The van der Waals surface area contributed by atoms with Gasteiger partial charge in [0.15, 0.2) is 6.04 Å². The number of Topliss-reactive ketones (excluding diaryl/α,β-unsaturated/α-hetero) is 1. The van der Waals surface area contributed by atoms with Crippen molar-refractivity contribution in [3.05, 3.63) is 29.8 Å². The van der Waals surface area contributed by atoms with Gasteiger partial charge in [0.1, 0.15) is 5.75 Å². The van der Waals surface area contributed by atoms with Crippen LogP contribution < -0.4 is 10.1 Å². The Bertz CT molecular complexity index is 957. The largest absolute Gasteiger partial charge is 0.497 e. The first kappa shape index (κ1) is 20.8. The highest BCUT2D eigenvalue weighted by Gasteiger charge is 2.43. The van der Waals surface area contributed by atoms with Crippen molar-refractivity contribution in [2.24, 2.45) is 4.99 Å². The van der Waals surface area contributed by atoms with E-state index in [0.29, 0.717) is 18.6 Å². The van der Waals surface area contributed by atoms with Crippen LogP contribution in [0.3, 0.4) is 0 Å². The number of carbonyl (C=O) groups is 3. The first-order chi connectivity index (χ1) is 13.7. The number of nitrogens with zero attached hydrogens (tertiary/aromatic N) is 3. The summed E-state index contributed by atoms with van der Waals surface area (Å²) >= 11 is 0. The maximum atomic E-state index is 12.5. The molecule has 10 nitrogen and oxygen atoms in total. The number of ketones is 1. The molecule has 1 aromatic rings. The van der Waals surface area contributed by atoms with Crippen LogP contribution in [-0.2, 0) is 31.0 Å². The zero-order valence-corrected chi connectivity index (χ0v) is 16.9. The summed E-state index contributed by atoms with van der Waals surface area (Å²) in [5.74, 6) is -2.35. The van der Waals surface area contributed by atoms with E-state index in [-0.39, 0.29) is 24.8 Å². The molecule has 156 valence electrons. The molecule has 0 radical (unpaired) electrons. The molecule has 1 saturated heterocycles. The van der Waals surface area contributed by atoms with Crippen LogP contribution >= 0.6 is 0 Å². The van der Waals surface area contributed by atoms with E-state index in [9.17, 15) is 22.8 Å². The van der Waals surface area contributed by atoms with E-state index in [1.165, 1.54) is 14.2 Å². The first-order valence-corrected chi connectivity index (χ1v) is 10.7. The lowest BCUT2D eigenvalue weighted by Gasteiger charge is -2.35. The van der Waals surface area contributed by atoms with E-state index in [2.05, 4.69) is 10.3 Å². The lowest BCUT2D eigenvalue weighted by molar-refractivity contribution is -0.145. The second-order valence-corrected chi connectivity index (χ2v) is 8.73. The molecule has 2 heterocycles. The zero-order chi connectivity index (χ0) is 21.2. The van der Waals surface area contributed by atoms with Gasteiger partial charge in [-0.2, -0.15) is 0 Å². The summed E-state index contributed by atoms with van der Waals surface area (Å²) in [6, 6.07) is 5.32. The summed E-state index contributed by atoms with van der Waals surface area (Å²) in [7, 11) is -0.842. The van der Waals surface area contributed by atoms with Gasteiger partial charge in [0.05, 0.1) is 12.9 Å². The molecule has 2 aliphatic rings. The second kappa shape index (κ2) is 8.19. The average molecular weight is 422 g/mol. The Hall–Kier alpha value is -2.95. The van der Waals surface area contributed by atoms with Crippen LogP contribution in [0.25, 0.3) is 0 Å². The van der Waals surface area contributed by atoms with Crippen LogP contribution in [0.1, 0.15) is 18.4 Å². The number of likely N-dealkylation sites (N-methyl/N-ethyl adjacent to an activating group) is 1. The molecular weight excluding hydrogens is 400 g/mol. The normalized spacial score (nSPS) is 21.6. The molecule has 0 aliphatic carbocycles. The van der Waals surface area contributed by atoms with Crippen molar-refractivity contribution in [2.45, 2.75) is 25.4 Å². The van der Waals surface area contributed by atoms with Crippen molar-refractivity contribution in [1.29, 1.82) is 0 Å². The van der Waals surface area contributed by atoms with Crippen LogP contribution in [0.5, 0.6) is 5.75 Å². The smallest absolute Gasteiger partial charge is 0.299 e. The van der Waals surface area contributed by atoms with Crippen molar-refractivity contribution in [2.75, 3.05) is 26.5 Å². The fourth-order valence-electron chi connectivity index (χ4n) is 3.09. The lowest BCUT2D eigenvalue weighted by atomic mass is 10.1. The third-order valence-corrected chi connectivity index (χ3v) is 6.58. The number of sulfonamides is 1. The molecule has 3 rings (SSSR count). The highest BCUT2D eigenvalue weighted by molar-refractivity contribution is 7.89. The summed E-state index contributed by atoms with van der Waals surface area (Å²) in [5.41, 5.74) is 0.758. The monoisotopic (exact) mass is 422 g/mol. The summed E-state index contributed by atoms with van der Waals surface area (Å²) in [5, 5.41) is 2.57. The maximum Gasteiger partial charge on any atom is 0.299 e. The van der Waals surface area contributed by atoms with Crippen molar-refractivity contribution in [3.63, 3.8) is 0 Å². The number of ether oxygens (including phenoxy) is 1. The molecule has 1 N–H and O–H groups in total. The molecule has 2 aliphatic heterocycles. The maximum absolute atomic E-state index is 12.5. The van der Waals surface area contributed by atoms with E-state index in [1.54, 1.807) is 24.3 Å². The number of methoxy groups -OCH3 is 1. The Morgan fingerprint density at radius 2 is 1.93 bits per heavy atom. The Balaban J connectivity index is 1.80. The summed E-state index contributed by atoms with van der Waals surface area (Å²) < 4.78 is 30.8. The highest BCUT2D eigenvalue weighted by Crippen LogP contribution is 2.19. The minimum absolute atomic E-state index is 0.0731. The number of hydrogen-bond acceptors (Lipinski definition) is 7. The lowest BCUT2D eigenvalue weighted by Crippen LogP contribution is -2.58. The van der Waals surface area contributed by atoms with Gasteiger partial charge in [0.2, 0.25) is 16.0 Å². The summed E-state index contributed by atoms with van der Waals surface area (Å²) in [4.78, 5) is 42.1. The number of nitrogens with one attached hydrogen (secondary N) is 1. The van der Waals surface area contributed by atoms with E-state index in [0.717, 1.165) is 14.8 Å². The number of carbonyl (C=O) groups excluding carboxylic acids is 3. The van der Waals surface area contributed by atoms with E-state index >= 15 is 0 Å². The number of rotatable bonds is 4. The van der Waals surface area contributed by atoms with Crippen molar-refractivity contribution in [3.8, 4) is 5.75 Å². The van der Waals surface area contributed by atoms with Crippen LogP contribution in [-0.4, -0.2) is 73.7 Å². The summed E-state index contributed by atoms with van der Waals surface area (Å²) in [6.07, 6.45) is 1.11. The van der Waals surface area contributed by atoms with Crippen molar-refractivity contribution < 1.29 is 27.5 Å². The first-order valence-electron chi connectivity index (χ1n) is 9.05.